The molecule has 0 bridgehead atoms. The van der Waals surface area contributed by atoms with Gasteiger partial charge in [0, 0.05) is 17.6 Å². The first-order valence-electron chi connectivity index (χ1n) is 6.32. The molecule has 2 amide bonds. The molecule has 0 aromatic carbocycles. The number of amides is 2. The number of carbonyl (C=O) groups is 2. The molecular weight excluding hydrogens is 290 g/mol. The van der Waals surface area contributed by atoms with E-state index in [0.29, 0.717) is 0 Å². The van der Waals surface area contributed by atoms with Crippen LogP contribution in [0.2, 0.25) is 0 Å². The van der Waals surface area contributed by atoms with Gasteiger partial charge in [0.2, 0.25) is 0 Å². The van der Waals surface area contributed by atoms with Gasteiger partial charge in [-0.1, -0.05) is 12.1 Å². The van der Waals surface area contributed by atoms with E-state index in [0.717, 1.165) is 10.4 Å². The normalized spacial score (nSPS) is 11.7. The van der Waals surface area contributed by atoms with Crippen molar-refractivity contribution in [2.45, 2.75) is 19.5 Å². The average Bonchev–Trinajstić information content (AvgIpc) is 3.00. The summed E-state index contributed by atoms with van der Waals surface area (Å²) in [4.78, 5) is 27.3. The van der Waals surface area contributed by atoms with E-state index in [4.69, 9.17) is 5.11 Å². The molecule has 6 nitrogen and oxygen atoms in total. The van der Waals surface area contributed by atoms with Gasteiger partial charge >= 0.3 is 12.0 Å². The second-order valence-electron chi connectivity index (χ2n) is 4.42. The van der Waals surface area contributed by atoms with Crippen LogP contribution in [0.1, 0.15) is 33.9 Å². The Kier molecular flexibility index (Phi) is 4.89. The summed E-state index contributed by atoms with van der Waals surface area (Å²) in [7, 11) is 0. The molecular formula is C14H15N3O3S. The van der Waals surface area contributed by atoms with Gasteiger partial charge in [-0.2, -0.15) is 0 Å². The van der Waals surface area contributed by atoms with Gasteiger partial charge in [-0.05, 0) is 30.0 Å². The maximum atomic E-state index is 11.8. The fourth-order valence-corrected chi connectivity index (χ4v) is 2.43. The van der Waals surface area contributed by atoms with Crippen molar-refractivity contribution in [2.24, 2.45) is 0 Å². The lowest BCUT2D eigenvalue weighted by atomic mass is 10.2. The topological polar surface area (TPSA) is 91.3 Å². The summed E-state index contributed by atoms with van der Waals surface area (Å²) >= 11 is 1.58. The molecule has 7 heteroatoms. The smallest absolute Gasteiger partial charge is 0.354 e. The molecule has 0 radical (unpaired) electrons. The van der Waals surface area contributed by atoms with Crippen molar-refractivity contribution in [2.75, 3.05) is 0 Å². The number of pyridine rings is 1. The van der Waals surface area contributed by atoms with E-state index in [9.17, 15) is 9.59 Å². The van der Waals surface area contributed by atoms with Crippen molar-refractivity contribution in [3.8, 4) is 0 Å². The Balaban J connectivity index is 1.82. The lowest BCUT2D eigenvalue weighted by Crippen LogP contribution is -2.36. The van der Waals surface area contributed by atoms with Gasteiger partial charge in [-0.15, -0.1) is 11.3 Å². The molecule has 0 saturated carbocycles. The van der Waals surface area contributed by atoms with Crippen LogP contribution in [0.3, 0.4) is 0 Å². The molecule has 1 unspecified atom stereocenters. The number of rotatable bonds is 5. The van der Waals surface area contributed by atoms with E-state index >= 15 is 0 Å². The highest BCUT2D eigenvalue weighted by molar-refractivity contribution is 7.10. The van der Waals surface area contributed by atoms with Crippen molar-refractivity contribution in [3.05, 3.63) is 52.0 Å². The first-order chi connectivity index (χ1) is 10.1. The Hall–Kier alpha value is -2.41. The maximum absolute atomic E-state index is 11.8. The molecule has 0 aliphatic rings. The zero-order chi connectivity index (χ0) is 15.2. The molecule has 0 aliphatic heterocycles. The number of hydrogen-bond donors (Lipinski definition) is 3. The number of aromatic nitrogens is 1. The van der Waals surface area contributed by atoms with Crippen LogP contribution in [-0.2, 0) is 6.54 Å². The number of nitrogens with zero attached hydrogens (tertiary/aromatic N) is 1. The van der Waals surface area contributed by atoms with E-state index in [-0.39, 0.29) is 24.3 Å². The van der Waals surface area contributed by atoms with Crippen LogP contribution in [0.15, 0.2) is 35.8 Å². The quantitative estimate of drug-likeness (QED) is 0.791. The van der Waals surface area contributed by atoms with Crippen LogP contribution in [0.25, 0.3) is 0 Å². The molecule has 110 valence electrons. The van der Waals surface area contributed by atoms with Crippen LogP contribution < -0.4 is 10.6 Å². The zero-order valence-electron chi connectivity index (χ0n) is 11.4. The Labute approximate surface area is 125 Å². The summed E-state index contributed by atoms with van der Waals surface area (Å²) in [5.41, 5.74) is 0.716. The number of carboxylic acids is 1. The summed E-state index contributed by atoms with van der Waals surface area (Å²) in [5, 5.41) is 16.2. The van der Waals surface area contributed by atoms with Gasteiger partial charge in [0.25, 0.3) is 0 Å². The second kappa shape index (κ2) is 6.85. The number of aromatic carboxylic acids is 1. The third-order valence-electron chi connectivity index (χ3n) is 2.81. The molecule has 2 aromatic rings. The Morgan fingerprint density at radius 2 is 2.19 bits per heavy atom. The number of nitrogens with one attached hydrogen (secondary N) is 2. The van der Waals surface area contributed by atoms with Crippen molar-refractivity contribution in [1.29, 1.82) is 0 Å². The van der Waals surface area contributed by atoms with Gasteiger partial charge < -0.3 is 15.7 Å². The number of carboxylic acid groups (broad SMARTS) is 1. The molecule has 1 atom stereocenters. The Morgan fingerprint density at radius 3 is 2.76 bits per heavy atom. The molecule has 21 heavy (non-hydrogen) atoms. The van der Waals surface area contributed by atoms with E-state index < -0.39 is 5.97 Å². The summed E-state index contributed by atoms with van der Waals surface area (Å²) < 4.78 is 0. The third kappa shape index (κ3) is 4.28. The van der Waals surface area contributed by atoms with Crippen molar-refractivity contribution in [1.82, 2.24) is 15.6 Å². The molecule has 2 heterocycles. The zero-order valence-corrected chi connectivity index (χ0v) is 12.2. The highest BCUT2D eigenvalue weighted by atomic mass is 32.1. The summed E-state index contributed by atoms with van der Waals surface area (Å²) in [5.74, 6) is -1.07. The Morgan fingerprint density at radius 1 is 1.38 bits per heavy atom. The van der Waals surface area contributed by atoms with Crippen LogP contribution in [-0.4, -0.2) is 22.1 Å². The van der Waals surface area contributed by atoms with Gasteiger partial charge in [-0.25, -0.2) is 14.6 Å². The van der Waals surface area contributed by atoms with E-state index in [1.807, 2.05) is 24.4 Å². The predicted octanol–water partition coefficient (Wildman–Crippen LogP) is 2.40. The number of hydrogen-bond acceptors (Lipinski definition) is 4. The largest absolute Gasteiger partial charge is 0.477 e. The van der Waals surface area contributed by atoms with Crippen molar-refractivity contribution >= 4 is 23.3 Å². The lowest BCUT2D eigenvalue weighted by Gasteiger charge is -2.13. The fraction of sp³-hybridized carbons (Fsp3) is 0.214. The van der Waals surface area contributed by atoms with Gasteiger partial charge in [0.15, 0.2) is 0 Å². The van der Waals surface area contributed by atoms with Crippen molar-refractivity contribution in [3.63, 3.8) is 0 Å². The molecule has 2 aromatic heterocycles. The highest BCUT2D eigenvalue weighted by Gasteiger charge is 2.10. The van der Waals surface area contributed by atoms with Crippen LogP contribution in [0, 0.1) is 0 Å². The summed E-state index contributed by atoms with van der Waals surface area (Å²) in [6.45, 7) is 2.20. The predicted molar refractivity (Wildman–Crippen MR) is 79.3 cm³/mol. The van der Waals surface area contributed by atoms with Crippen LogP contribution >= 0.6 is 11.3 Å². The lowest BCUT2D eigenvalue weighted by molar-refractivity contribution is 0.0690. The number of urea groups is 1. The fourth-order valence-electron chi connectivity index (χ4n) is 1.69. The standard InChI is InChI=1S/C14H15N3O3S/c1-9(12-3-2-6-21-12)17-14(20)16-8-10-4-5-11(13(18)19)15-7-10/h2-7,9H,8H2,1H3,(H,18,19)(H2,16,17,20). The molecule has 0 spiro atoms. The van der Waals surface area contributed by atoms with Gasteiger partial charge in [0.1, 0.15) is 5.69 Å². The number of carbonyl (C=O) groups excluding carboxylic acids is 1. The molecule has 0 aliphatic carbocycles. The minimum atomic E-state index is -1.07. The van der Waals surface area contributed by atoms with Gasteiger partial charge in [-0.3, -0.25) is 0 Å². The second-order valence-corrected chi connectivity index (χ2v) is 5.40. The van der Waals surface area contributed by atoms with Crippen molar-refractivity contribution < 1.29 is 14.7 Å². The average molecular weight is 305 g/mol. The minimum absolute atomic E-state index is 0.0190. The van der Waals surface area contributed by atoms with E-state index in [1.54, 1.807) is 17.4 Å². The first-order valence-corrected chi connectivity index (χ1v) is 7.20. The monoisotopic (exact) mass is 305 g/mol. The van der Waals surface area contributed by atoms with Gasteiger partial charge in [0.05, 0.1) is 6.04 Å². The SMILES string of the molecule is CC(NC(=O)NCc1ccc(C(=O)O)nc1)c1cccs1. The number of thiophene rings is 1. The summed E-state index contributed by atoms with van der Waals surface area (Å²) in [6.07, 6.45) is 1.44. The van der Waals surface area contributed by atoms with E-state index in [1.165, 1.54) is 12.3 Å². The molecule has 3 N–H and O–H groups in total. The first kappa shape index (κ1) is 15.0. The Bertz CT molecular complexity index is 611. The third-order valence-corrected chi connectivity index (χ3v) is 3.87. The summed E-state index contributed by atoms with van der Waals surface area (Å²) in [6, 6.07) is 6.59. The maximum Gasteiger partial charge on any atom is 0.354 e. The molecule has 2 rings (SSSR count). The molecule has 0 fully saturated rings. The minimum Gasteiger partial charge on any atom is -0.477 e. The van der Waals surface area contributed by atoms with Crippen LogP contribution in [0.4, 0.5) is 4.79 Å². The highest BCUT2D eigenvalue weighted by Crippen LogP contribution is 2.17. The van der Waals surface area contributed by atoms with Crippen LogP contribution in [0.5, 0.6) is 0 Å². The molecule has 0 saturated heterocycles. The van der Waals surface area contributed by atoms with E-state index in [2.05, 4.69) is 15.6 Å².